The van der Waals surface area contributed by atoms with Crippen molar-refractivity contribution in [1.29, 1.82) is 0 Å². The summed E-state index contributed by atoms with van der Waals surface area (Å²) in [5.74, 6) is -0.667. The molecule has 0 unspecified atom stereocenters. The van der Waals surface area contributed by atoms with Gasteiger partial charge in [0.2, 0.25) is 0 Å². The number of nitrogens with one attached hydrogen (secondary N) is 2. The fourth-order valence-electron chi connectivity index (χ4n) is 3.87. The van der Waals surface area contributed by atoms with Gasteiger partial charge >= 0.3 is 12.0 Å². The Bertz CT molecular complexity index is 737. The van der Waals surface area contributed by atoms with Crippen LogP contribution in [0.2, 0.25) is 0 Å². The van der Waals surface area contributed by atoms with Crippen LogP contribution in [0, 0.1) is 5.92 Å². The third-order valence-corrected chi connectivity index (χ3v) is 5.50. The second-order valence-electron chi connectivity index (χ2n) is 7.40. The molecule has 1 aromatic rings. The van der Waals surface area contributed by atoms with Crippen molar-refractivity contribution in [2.24, 2.45) is 5.92 Å². The largest absolute Gasteiger partial charge is 0.495 e. The summed E-state index contributed by atoms with van der Waals surface area (Å²) in [5.41, 5.74) is 0.948. The van der Waals surface area contributed by atoms with E-state index < -0.39 is 5.97 Å². The second-order valence-corrected chi connectivity index (χ2v) is 7.40. The standard InChI is InChI=1S/C20H27N3O5/c1-28-17-9-6-14(18(24)23-10-2-3-11-23)12-16(17)22-20(27)21-15-7-4-13(5-8-15)19(25)26/h6,9,12-13,15H,2-5,7-8,10-11H2,1H3,(H,25,26)(H2,21,22,27). The predicted molar refractivity (Wildman–Crippen MR) is 104 cm³/mol. The Hall–Kier alpha value is -2.77. The molecule has 0 radical (unpaired) electrons. The molecule has 1 aliphatic carbocycles. The average molecular weight is 389 g/mol. The molecule has 1 saturated carbocycles. The maximum atomic E-state index is 12.6. The number of methoxy groups -OCH3 is 1. The van der Waals surface area contributed by atoms with E-state index in [0.29, 0.717) is 42.7 Å². The van der Waals surface area contributed by atoms with Crippen molar-refractivity contribution in [3.8, 4) is 5.75 Å². The molecule has 2 fully saturated rings. The summed E-state index contributed by atoms with van der Waals surface area (Å²) in [6, 6.07) is 4.58. The van der Waals surface area contributed by atoms with Crippen molar-refractivity contribution in [3.63, 3.8) is 0 Å². The molecule has 0 spiro atoms. The number of aliphatic carboxylic acids is 1. The highest BCUT2D eigenvalue weighted by Crippen LogP contribution is 2.28. The van der Waals surface area contributed by atoms with Crippen LogP contribution >= 0.6 is 0 Å². The molecule has 1 heterocycles. The summed E-state index contributed by atoms with van der Waals surface area (Å²) >= 11 is 0. The molecule has 152 valence electrons. The van der Waals surface area contributed by atoms with Gasteiger partial charge in [-0.15, -0.1) is 0 Å². The third-order valence-electron chi connectivity index (χ3n) is 5.50. The van der Waals surface area contributed by atoms with Crippen LogP contribution in [-0.2, 0) is 4.79 Å². The first-order chi connectivity index (χ1) is 13.5. The Morgan fingerprint density at radius 1 is 1.11 bits per heavy atom. The van der Waals surface area contributed by atoms with E-state index in [1.165, 1.54) is 7.11 Å². The summed E-state index contributed by atoms with van der Waals surface area (Å²) in [6.07, 6.45) is 4.41. The normalized spacial score (nSPS) is 21.8. The fourth-order valence-corrected chi connectivity index (χ4v) is 3.87. The van der Waals surface area contributed by atoms with E-state index in [1.54, 1.807) is 18.2 Å². The zero-order valence-corrected chi connectivity index (χ0v) is 16.1. The second kappa shape index (κ2) is 8.95. The summed E-state index contributed by atoms with van der Waals surface area (Å²) in [7, 11) is 1.51. The van der Waals surface area contributed by atoms with Gasteiger partial charge in [-0.05, 0) is 56.7 Å². The van der Waals surface area contributed by atoms with Gasteiger partial charge in [-0.2, -0.15) is 0 Å². The highest BCUT2D eigenvalue weighted by Gasteiger charge is 2.27. The predicted octanol–water partition coefficient (Wildman–Crippen LogP) is 2.70. The molecule has 0 atom stereocenters. The Kier molecular flexibility index (Phi) is 6.38. The summed E-state index contributed by atoms with van der Waals surface area (Å²) in [6.45, 7) is 1.51. The van der Waals surface area contributed by atoms with Crippen LogP contribution < -0.4 is 15.4 Å². The molecule has 8 nitrogen and oxygen atoms in total. The first kappa shape index (κ1) is 20.0. The SMILES string of the molecule is COc1ccc(C(=O)N2CCCC2)cc1NC(=O)NC1CCC(C(=O)O)CC1. The molecular formula is C20H27N3O5. The topological polar surface area (TPSA) is 108 Å². The number of likely N-dealkylation sites (tertiary alicyclic amines) is 1. The molecular weight excluding hydrogens is 362 g/mol. The van der Waals surface area contributed by atoms with E-state index in [0.717, 1.165) is 25.9 Å². The van der Waals surface area contributed by atoms with Gasteiger partial charge < -0.3 is 25.4 Å². The molecule has 1 aromatic carbocycles. The van der Waals surface area contributed by atoms with Crippen LogP contribution in [0.25, 0.3) is 0 Å². The third kappa shape index (κ3) is 4.74. The minimum Gasteiger partial charge on any atom is -0.495 e. The monoisotopic (exact) mass is 389 g/mol. The lowest BCUT2D eigenvalue weighted by Gasteiger charge is -2.27. The van der Waals surface area contributed by atoms with Gasteiger partial charge in [0.25, 0.3) is 5.91 Å². The zero-order valence-electron chi connectivity index (χ0n) is 16.1. The molecule has 3 amide bonds. The van der Waals surface area contributed by atoms with Crippen LogP contribution in [0.5, 0.6) is 5.75 Å². The lowest BCUT2D eigenvalue weighted by atomic mass is 9.86. The van der Waals surface area contributed by atoms with E-state index >= 15 is 0 Å². The number of hydrogen-bond acceptors (Lipinski definition) is 4. The summed E-state index contributed by atoms with van der Waals surface area (Å²) < 4.78 is 5.30. The van der Waals surface area contributed by atoms with Crippen LogP contribution in [0.4, 0.5) is 10.5 Å². The Labute approximate surface area is 164 Å². The van der Waals surface area contributed by atoms with Crippen LogP contribution in [0.3, 0.4) is 0 Å². The number of amides is 3. The number of ether oxygens (including phenoxy) is 1. The molecule has 2 aliphatic rings. The van der Waals surface area contributed by atoms with Gasteiger partial charge in [0.05, 0.1) is 18.7 Å². The molecule has 3 rings (SSSR count). The number of benzene rings is 1. The van der Waals surface area contributed by atoms with Gasteiger partial charge in [-0.1, -0.05) is 0 Å². The number of carbonyl (C=O) groups is 3. The van der Waals surface area contributed by atoms with E-state index in [-0.39, 0.29) is 23.9 Å². The number of carboxylic acids is 1. The first-order valence-corrected chi connectivity index (χ1v) is 9.75. The fraction of sp³-hybridized carbons (Fsp3) is 0.550. The van der Waals surface area contributed by atoms with E-state index in [4.69, 9.17) is 9.84 Å². The van der Waals surface area contributed by atoms with E-state index in [1.807, 2.05) is 4.90 Å². The van der Waals surface area contributed by atoms with Gasteiger partial charge in [0.1, 0.15) is 5.75 Å². The lowest BCUT2D eigenvalue weighted by molar-refractivity contribution is -0.142. The van der Waals surface area contributed by atoms with Gasteiger partial charge in [-0.25, -0.2) is 4.79 Å². The van der Waals surface area contributed by atoms with Crippen molar-refractivity contribution in [2.45, 2.75) is 44.6 Å². The number of carboxylic acid groups (broad SMARTS) is 1. The molecule has 1 aliphatic heterocycles. The quantitative estimate of drug-likeness (QED) is 0.718. The van der Waals surface area contributed by atoms with Crippen LogP contribution in [0.15, 0.2) is 18.2 Å². The van der Waals surface area contributed by atoms with E-state index in [9.17, 15) is 14.4 Å². The summed E-state index contributed by atoms with van der Waals surface area (Å²) in [5, 5.41) is 14.7. The van der Waals surface area contributed by atoms with Crippen molar-refractivity contribution >= 4 is 23.6 Å². The average Bonchev–Trinajstić information content (AvgIpc) is 3.22. The highest BCUT2D eigenvalue weighted by atomic mass is 16.5. The minimum atomic E-state index is -0.771. The van der Waals surface area contributed by atoms with Crippen LogP contribution in [0.1, 0.15) is 48.9 Å². The van der Waals surface area contributed by atoms with Crippen molar-refractivity contribution in [3.05, 3.63) is 23.8 Å². The zero-order chi connectivity index (χ0) is 20.1. The van der Waals surface area contributed by atoms with Crippen LogP contribution in [-0.4, -0.2) is 54.2 Å². The maximum Gasteiger partial charge on any atom is 0.319 e. The van der Waals surface area contributed by atoms with Crippen molar-refractivity contribution in [1.82, 2.24) is 10.2 Å². The van der Waals surface area contributed by atoms with E-state index in [2.05, 4.69) is 10.6 Å². The molecule has 1 saturated heterocycles. The Balaban J connectivity index is 1.62. The lowest BCUT2D eigenvalue weighted by Crippen LogP contribution is -2.41. The van der Waals surface area contributed by atoms with Gasteiger partial charge in [0.15, 0.2) is 0 Å². The summed E-state index contributed by atoms with van der Waals surface area (Å²) in [4.78, 5) is 37.9. The number of anilines is 1. The highest BCUT2D eigenvalue weighted by molar-refractivity contribution is 5.98. The Morgan fingerprint density at radius 3 is 2.39 bits per heavy atom. The first-order valence-electron chi connectivity index (χ1n) is 9.75. The molecule has 28 heavy (non-hydrogen) atoms. The van der Waals surface area contributed by atoms with Gasteiger partial charge in [-0.3, -0.25) is 9.59 Å². The number of urea groups is 1. The smallest absolute Gasteiger partial charge is 0.319 e. The number of rotatable bonds is 5. The molecule has 8 heteroatoms. The maximum absolute atomic E-state index is 12.6. The molecule has 0 bridgehead atoms. The molecule has 0 aromatic heterocycles. The van der Waals surface area contributed by atoms with Gasteiger partial charge in [0, 0.05) is 24.7 Å². The Morgan fingerprint density at radius 2 is 1.79 bits per heavy atom. The minimum absolute atomic E-state index is 0.0457. The number of nitrogens with zero attached hydrogens (tertiary/aromatic N) is 1. The number of carbonyl (C=O) groups excluding carboxylic acids is 2. The van der Waals surface area contributed by atoms with Crippen molar-refractivity contribution in [2.75, 3.05) is 25.5 Å². The molecule has 3 N–H and O–H groups in total. The number of hydrogen-bond donors (Lipinski definition) is 3. The van der Waals surface area contributed by atoms with Crippen molar-refractivity contribution < 1.29 is 24.2 Å².